The summed E-state index contributed by atoms with van der Waals surface area (Å²) >= 11 is 0. The first kappa shape index (κ1) is 16.9. The first-order valence-corrected chi connectivity index (χ1v) is 7.90. The molecule has 0 aromatic heterocycles. The fraction of sp³-hybridized carbons (Fsp3) is 1.00. The van der Waals surface area contributed by atoms with Crippen LogP contribution in [0.2, 0.25) is 0 Å². The zero-order chi connectivity index (χ0) is 13.9. The zero-order valence-corrected chi connectivity index (χ0v) is 13.1. The van der Waals surface area contributed by atoms with E-state index in [9.17, 15) is 0 Å². The molecule has 114 valence electrons. The minimum absolute atomic E-state index is 0.322. The monoisotopic (exact) mass is 272 g/mol. The highest BCUT2D eigenvalue weighted by molar-refractivity contribution is 4.66. The minimum atomic E-state index is 0.322. The average molecular weight is 272 g/mol. The molecule has 0 spiro atoms. The maximum Gasteiger partial charge on any atom is 0.0674 e. The minimum Gasteiger partial charge on any atom is -0.379 e. The van der Waals surface area contributed by atoms with E-state index >= 15 is 0 Å². The van der Waals surface area contributed by atoms with Gasteiger partial charge in [0.15, 0.2) is 0 Å². The third-order valence-corrected chi connectivity index (χ3v) is 3.51. The molecule has 0 radical (unpaired) electrons. The van der Waals surface area contributed by atoms with Crippen LogP contribution in [0.15, 0.2) is 0 Å². The van der Waals surface area contributed by atoms with Crippen LogP contribution in [-0.2, 0) is 9.47 Å². The van der Waals surface area contributed by atoms with Gasteiger partial charge in [0.1, 0.15) is 0 Å². The summed E-state index contributed by atoms with van der Waals surface area (Å²) in [5.41, 5.74) is 0. The molecule has 1 fully saturated rings. The highest BCUT2D eigenvalue weighted by atomic mass is 16.5. The summed E-state index contributed by atoms with van der Waals surface area (Å²) in [7, 11) is 0. The van der Waals surface area contributed by atoms with E-state index < -0.39 is 0 Å². The van der Waals surface area contributed by atoms with Gasteiger partial charge in [0.05, 0.1) is 25.9 Å². The number of morpholine rings is 1. The summed E-state index contributed by atoms with van der Waals surface area (Å²) in [5, 5.41) is 0. The summed E-state index contributed by atoms with van der Waals surface area (Å²) in [6.07, 6.45) is 2.77. The maximum absolute atomic E-state index is 5.94. The molecule has 0 aromatic carbocycles. The lowest BCUT2D eigenvalue weighted by atomic mass is 10.3. The summed E-state index contributed by atoms with van der Waals surface area (Å²) in [5.74, 6) is 0. The molecule has 19 heavy (non-hydrogen) atoms. The largest absolute Gasteiger partial charge is 0.379 e. The first-order chi connectivity index (χ1) is 9.26. The second kappa shape index (κ2) is 10.6. The molecule has 1 aliphatic rings. The lowest BCUT2D eigenvalue weighted by Gasteiger charge is -2.29. The molecule has 0 N–H and O–H groups in total. The molecule has 4 heteroatoms. The molecule has 0 saturated carbocycles. The Kier molecular flexibility index (Phi) is 9.43. The second-order valence-corrected chi connectivity index (χ2v) is 5.44. The molecule has 0 aliphatic carbocycles. The topological polar surface area (TPSA) is 24.9 Å². The molecular formula is C15H32N2O2. The smallest absolute Gasteiger partial charge is 0.0674 e. The van der Waals surface area contributed by atoms with Crippen molar-refractivity contribution in [2.24, 2.45) is 0 Å². The number of rotatable bonds is 10. The SMILES string of the molecule is CCCN(CCC)CCOC(C)CN1CCOCC1. The van der Waals surface area contributed by atoms with Gasteiger partial charge in [-0.1, -0.05) is 13.8 Å². The van der Waals surface area contributed by atoms with Crippen LogP contribution in [0.5, 0.6) is 0 Å². The molecule has 1 atom stereocenters. The van der Waals surface area contributed by atoms with Crippen molar-refractivity contribution in [2.75, 3.05) is 59.1 Å². The van der Waals surface area contributed by atoms with E-state index in [1.165, 1.54) is 25.9 Å². The summed E-state index contributed by atoms with van der Waals surface area (Å²) in [6.45, 7) is 15.8. The summed E-state index contributed by atoms with van der Waals surface area (Å²) in [6, 6.07) is 0. The standard InChI is InChI=1S/C15H32N2O2/c1-4-6-16(7-5-2)10-13-19-15(3)14-17-8-11-18-12-9-17/h15H,4-14H2,1-3H3. The van der Waals surface area contributed by atoms with Crippen molar-refractivity contribution in [3.8, 4) is 0 Å². The molecule has 4 nitrogen and oxygen atoms in total. The Bertz CT molecular complexity index is 202. The van der Waals surface area contributed by atoms with Gasteiger partial charge in [-0.15, -0.1) is 0 Å². The lowest BCUT2D eigenvalue weighted by molar-refractivity contribution is -0.0101. The Morgan fingerprint density at radius 3 is 2.32 bits per heavy atom. The highest BCUT2D eigenvalue weighted by Gasteiger charge is 2.14. The molecular weight excluding hydrogens is 240 g/mol. The van der Waals surface area contributed by atoms with E-state index in [0.717, 1.165) is 46.0 Å². The number of ether oxygens (including phenoxy) is 2. The highest BCUT2D eigenvalue weighted by Crippen LogP contribution is 2.02. The molecule has 0 bridgehead atoms. The van der Waals surface area contributed by atoms with Gasteiger partial charge in [-0.25, -0.2) is 0 Å². The van der Waals surface area contributed by atoms with E-state index in [1.807, 2.05) is 0 Å². The molecule has 1 unspecified atom stereocenters. The Hall–Kier alpha value is -0.160. The van der Waals surface area contributed by atoms with Crippen molar-refractivity contribution in [3.05, 3.63) is 0 Å². The van der Waals surface area contributed by atoms with Crippen LogP contribution >= 0.6 is 0 Å². The predicted molar refractivity (Wildman–Crippen MR) is 79.7 cm³/mol. The van der Waals surface area contributed by atoms with Crippen LogP contribution < -0.4 is 0 Å². The zero-order valence-electron chi connectivity index (χ0n) is 13.1. The molecule has 1 aliphatic heterocycles. The van der Waals surface area contributed by atoms with E-state index in [-0.39, 0.29) is 0 Å². The van der Waals surface area contributed by atoms with Crippen molar-refractivity contribution in [1.82, 2.24) is 9.80 Å². The molecule has 1 saturated heterocycles. The Balaban J connectivity index is 2.09. The second-order valence-electron chi connectivity index (χ2n) is 5.44. The van der Waals surface area contributed by atoms with Crippen molar-refractivity contribution in [3.63, 3.8) is 0 Å². The Morgan fingerprint density at radius 1 is 1.11 bits per heavy atom. The molecule has 1 rings (SSSR count). The molecule has 1 heterocycles. The Morgan fingerprint density at radius 2 is 1.74 bits per heavy atom. The van der Waals surface area contributed by atoms with Gasteiger partial charge in [0.2, 0.25) is 0 Å². The van der Waals surface area contributed by atoms with E-state index in [1.54, 1.807) is 0 Å². The van der Waals surface area contributed by atoms with Gasteiger partial charge >= 0.3 is 0 Å². The van der Waals surface area contributed by atoms with Gasteiger partial charge in [-0.2, -0.15) is 0 Å². The normalized spacial score (nSPS) is 18.9. The van der Waals surface area contributed by atoms with Crippen molar-refractivity contribution in [1.29, 1.82) is 0 Å². The first-order valence-electron chi connectivity index (χ1n) is 7.90. The van der Waals surface area contributed by atoms with Gasteiger partial charge in [0.25, 0.3) is 0 Å². The van der Waals surface area contributed by atoms with E-state index in [2.05, 4.69) is 30.6 Å². The van der Waals surface area contributed by atoms with Gasteiger partial charge in [0, 0.05) is 26.2 Å². The van der Waals surface area contributed by atoms with Gasteiger partial charge in [-0.05, 0) is 32.9 Å². The average Bonchev–Trinajstić information content (AvgIpc) is 2.40. The van der Waals surface area contributed by atoms with E-state index in [4.69, 9.17) is 9.47 Å². The fourth-order valence-electron chi connectivity index (χ4n) is 2.55. The van der Waals surface area contributed by atoms with Crippen LogP contribution in [0.1, 0.15) is 33.6 Å². The van der Waals surface area contributed by atoms with E-state index in [0.29, 0.717) is 6.10 Å². The fourth-order valence-corrected chi connectivity index (χ4v) is 2.55. The Labute approximate surface area is 119 Å². The van der Waals surface area contributed by atoms with Crippen LogP contribution in [0.25, 0.3) is 0 Å². The van der Waals surface area contributed by atoms with Gasteiger partial charge < -0.3 is 14.4 Å². The summed E-state index contributed by atoms with van der Waals surface area (Å²) < 4.78 is 11.3. The quantitative estimate of drug-likeness (QED) is 0.606. The number of hydrogen-bond acceptors (Lipinski definition) is 4. The molecule has 0 amide bonds. The maximum atomic E-state index is 5.94. The molecule has 0 aromatic rings. The van der Waals surface area contributed by atoms with Crippen LogP contribution in [-0.4, -0.2) is 75.0 Å². The van der Waals surface area contributed by atoms with Crippen LogP contribution in [0.3, 0.4) is 0 Å². The third kappa shape index (κ3) is 7.88. The van der Waals surface area contributed by atoms with Crippen LogP contribution in [0.4, 0.5) is 0 Å². The number of hydrogen-bond donors (Lipinski definition) is 0. The predicted octanol–water partition coefficient (Wildman–Crippen LogP) is 1.85. The number of nitrogens with zero attached hydrogens (tertiary/aromatic N) is 2. The van der Waals surface area contributed by atoms with Crippen molar-refractivity contribution in [2.45, 2.75) is 39.7 Å². The summed E-state index contributed by atoms with van der Waals surface area (Å²) in [4.78, 5) is 4.94. The van der Waals surface area contributed by atoms with Crippen LogP contribution in [0, 0.1) is 0 Å². The van der Waals surface area contributed by atoms with Gasteiger partial charge in [-0.3, -0.25) is 4.90 Å². The van der Waals surface area contributed by atoms with Crippen molar-refractivity contribution >= 4 is 0 Å². The third-order valence-electron chi connectivity index (χ3n) is 3.51. The lowest BCUT2D eigenvalue weighted by Crippen LogP contribution is -2.41. The van der Waals surface area contributed by atoms with Crippen molar-refractivity contribution < 1.29 is 9.47 Å².